The highest BCUT2D eigenvalue weighted by molar-refractivity contribution is 5.89. The summed E-state index contributed by atoms with van der Waals surface area (Å²) in [4.78, 5) is 30.5. The summed E-state index contributed by atoms with van der Waals surface area (Å²) in [5.41, 5.74) is 6.60. The zero-order valence-corrected chi connectivity index (χ0v) is 24.0. The highest BCUT2D eigenvalue weighted by Crippen LogP contribution is 2.30. The Kier molecular flexibility index (Phi) is 7.90. The Labute approximate surface area is 248 Å². The molecule has 10 nitrogen and oxygen atoms in total. The summed E-state index contributed by atoms with van der Waals surface area (Å²) in [7, 11) is 1.36. The first-order valence-electron chi connectivity index (χ1n) is 14.2. The van der Waals surface area contributed by atoms with Crippen LogP contribution in [-0.4, -0.2) is 47.8 Å². The number of hydrogen-bond acceptors (Lipinski definition) is 7. The minimum Gasteiger partial charge on any atom is -0.465 e. The number of aromatic amines is 1. The van der Waals surface area contributed by atoms with E-state index in [9.17, 15) is 9.59 Å². The molecule has 43 heavy (non-hydrogen) atoms. The number of H-pyrrole nitrogens is 1. The Balaban J connectivity index is 1.32. The maximum absolute atomic E-state index is 13.9. The number of methoxy groups -OCH3 is 1. The topological polar surface area (TPSA) is 121 Å². The lowest BCUT2D eigenvalue weighted by Crippen LogP contribution is -2.22. The summed E-state index contributed by atoms with van der Waals surface area (Å²) >= 11 is 0. The predicted molar refractivity (Wildman–Crippen MR) is 164 cm³/mol. The number of esters is 1. The van der Waals surface area contributed by atoms with Crippen molar-refractivity contribution < 1.29 is 9.53 Å². The van der Waals surface area contributed by atoms with Gasteiger partial charge in [-0.1, -0.05) is 74.0 Å². The number of carbonyl (C=O) groups excluding carboxylic acids is 1. The maximum Gasteiger partial charge on any atom is 0.337 e. The minimum absolute atomic E-state index is 0.101. The van der Waals surface area contributed by atoms with E-state index >= 15 is 0 Å². The lowest BCUT2D eigenvalue weighted by molar-refractivity contribution is 0.0600. The van der Waals surface area contributed by atoms with E-state index in [-0.39, 0.29) is 5.56 Å². The molecule has 0 aliphatic rings. The number of aryl methyl sites for hydroxylation is 1. The third-order valence-electron chi connectivity index (χ3n) is 7.56. The molecule has 0 saturated carbocycles. The molecule has 6 aromatic rings. The molecule has 0 fully saturated rings. The molecule has 1 N–H and O–H groups in total. The van der Waals surface area contributed by atoms with Crippen LogP contribution in [0.2, 0.25) is 0 Å². The molecule has 6 rings (SSSR count). The average molecular weight is 574 g/mol. The van der Waals surface area contributed by atoms with E-state index in [4.69, 9.17) is 9.72 Å². The first-order valence-corrected chi connectivity index (χ1v) is 14.2. The summed E-state index contributed by atoms with van der Waals surface area (Å²) in [5.74, 6) is 1.13. The number of rotatable bonds is 10. The molecule has 3 aromatic carbocycles. The molecule has 0 aliphatic carbocycles. The van der Waals surface area contributed by atoms with Crippen LogP contribution in [0.5, 0.6) is 0 Å². The molecule has 0 aliphatic heterocycles. The summed E-state index contributed by atoms with van der Waals surface area (Å²) in [5, 5.41) is 14.4. The van der Waals surface area contributed by atoms with Gasteiger partial charge in [0.2, 0.25) is 0 Å². The molecule has 0 atom stereocenters. The minimum atomic E-state index is -0.391. The van der Waals surface area contributed by atoms with Crippen LogP contribution in [0.1, 0.15) is 47.1 Å². The Morgan fingerprint density at radius 2 is 1.63 bits per heavy atom. The Morgan fingerprint density at radius 3 is 2.33 bits per heavy atom. The highest BCUT2D eigenvalue weighted by atomic mass is 16.5. The second kappa shape index (κ2) is 12.2. The second-order valence-corrected chi connectivity index (χ2v) is 10.4. The van der Waals surface area contributed by atoms with E-state index in [1.807, 2.05) is 42.5 Å². The highest BCUT2D eigenvalue weighted by Gasteiger charge is 2.17. The fraction of sp³-hybridized carbons (Fsp3) is 0.212. The number of pyridine rings is 1. The van der Waals surface area contributed by atoms with Gasteiger partial charge in [-0.15, -0.1) is 5.10 Å². The summed E-state index contributed by atoms with van der Waals surface area (Å²) in [6.45, 7) is 3.05. The first-order chi connectivity index (χ1) is 21.1. The van der Waals surface area contributed by atoms with Crippen molar-refractivity contribution in [1.82, 2.24) is 34.7 Å². The number of unbranched alkanes of at least 4 members (excludes halogenated alkanes) is 1. The van der Waals surface area contributed by atoms with Gasteiger partial charge < -0.3 is 13.9 Å². The van der Waals surface area contributed by atoms with Crippen molar-refractivity contribution in [3.63, 3.8) is 0 Å². The van der Waals surface area contributed by atoms with Crippen LogP contribution in [0.4, 0.5) is 0 Å². The standard InChI is InChI=1S/C33H31N7O3/c1-3-4-9-29-34-28-18-19-39(20-22-12-16-25(17-13-22)33(42)43-2)32(41)30(28)40(29)21-23-10-14-24(15-11-23)26-7-5-6-8-27(26)31-35-37-38-36-31/h5-8,10-19H,3-4,9,20-21H2,1-2H3,(H,35,36,37,38). The number of aromatic nitrogens is 7. The largest absolute Gasteiger partial charge is 0.465 e. The molecule has 0 amide bonds. The molecule has 0 spiro atoms. The predicted octanol–water partition coefficient (Wildman–Crippen LogP) is 5.27. The molecular formula is C33H31N7O3. The number of fused-ring (bicyclic) bond motifs is 1. The SMILES string of the molecule is CCCCc1nc2ccn(Cc3ccc(C(=O)OC)cc3)c(=O)c2n1Cc1ccc(-c2ccccc2-c2nnn[nH]2)cc1. The van der Waals surface area contributed by atoms with Crippen LogP contribution in [0, 0.1) is 0 Å². The van der Waals surface area contributed by atoms with E-state index in [0.29, 0.717) is 35.5 Å². The third-order valence-corrected chi connectivity index (χ3v) is 7.56. The van der Waals surface area contributed by atoms with Gasteiger partial charge in [-0.05, 0) is 57.3 Å². The number of imidazole rings is 1. The zero-order valence-electron chi connectivity index (χ0n) is 24.0. The van der Waals surface area contributed by atoms with E-state index in [1.165, 1.54) is 7.11 Å². The van der Waals surface area contributed by atoms with Gasteiger partial charge in [0.05, 0.1) is 24.7 Å². The summed E-state index contributed by atoms with van der Waals surface area (Å²) in [6, 6.07) is 25.3. The zero-order chi connectivity index (χ0) is 29.8. The quantitative estimate of drug-likeness (QED) is 0.222. The van der Waals surface area contributed by atoms with Gasteiger partial charge in [0.25, 0.3) is 5.56 Å². The van der Waals surface area contributed by atoms with Crippen molar-refractivity contribution in [2.45, 2.75) is 39.3 Å². The smallest absolute Gasteiger partial charge is 0.337 e. The van der Waals surface area contributed by atoms with E-state index < -0.39 is 5.97 Å². The van der Waals surface area contributed by atoms with Crippen LogP contribution in [0.25, 0.3) is 33.5 Å². The van der Waals surface area contributed by atoms with E-state index in [1.54, 1.807) is 22.9 Å². The Bertz CT molecular complexity index is 1920. The van der Waals surface area contributed by atoms with Crippen molar-refractivity contribution in [2.75, 3.05) is 7.11 Å². The van der Waals surface area contributed by atoms with Gasteiger partial charge in [0, 0.05) is 24.7 Å². The molecule has 10 heteroatoms. The van der Waals surface area contributed by atoms with Crippen molar-refractivity contribution in [1.29, 1.82) is 0 Å². The van der Waals surface area contributed by atoms with E-state index in [0.717, 1.165) is 52.9 Å². The monoisotopic (exact) mass is 573 g/mol. The Morgan fingerprint density at radius 1 is 0.907 bits per heavy atom. The number of tetrazole rings is 1. The van der Waals surface area contributed by atoms with Crippen LogP contribution in [0.15, 0.2) is 89.9 Å². The van der Waals surface area contributed by atoms with Gasteiger partial charge in [0.1, 0.15) is 11.3 Å². The Hall–Kier alpha value is -5.38. The number of nitrogens with one attached hydrogen (secondary N) is 1. The van der Waals surface area contributed by atoms with Gasteiger partial charge in [-0.2, -0.15) is 0 Å². The van der Waals surface area contributed by atoms with E-state index in [2.05, 4.69) is 56.4 Å². The fourth-order valence-corrected chi connectivity index (χ4v) is 5.29. The summed E-state index contributed by atoms with van der Waals surface area (Å²) < 4.78 is 8.54. The number of ether oxygens (including phenoxy) is 1. The van der Waals surface area contributed by atoms with Crippen LogP contribution in [-0.2, 0) is 24.2 Å². The van der Waals surface area contributed by atoms with Gasteiger partial charge in [-0.25, -0.2) is 14.9 Å². The fourth-order valence-electron chi connectivity index (χ4n) is 5.29. The molecule has 0 unspecified atom stereocenters. The molecule has 0 bridgehead atoms. The average Bonchev–Trinajstić information content (AvgIpc) is 3.71. The summed E-state index contributed by atoms with van der Waals surface area (Å²) in [6.07, 6.45) is 4.59. The van der Waals surface area contributed by atoms with Gasteiger partial charge in [-0.3, -0.25) is 4.79 Å². The van der Waals surface area contributed by atoms with Crippen LogP contribution in [0.3, 0.4) is 0 Å². The lowest BCUT2D eigenvalue weighted by atomic mass is 9.98. The van der Waals surface area contributed by atoms with Crippen molar-refractivity contribution in [3.8, 4) is 22.5 Å². The van der Waals surface area contributed by atoms with Crippen molar-refractivity contribution >= 4 is 17.0 Å². The number of nitrogens with zero attached hydrogens (tertiary/aromatic N) is 6. The second-order valence-electron chi connectivity index (χ2n) is 10.4. The molecular weight excluding hydrogens is 542 g/mol. The van der Waals surface area contributed by atoms with Crippen LogP contribution >= 0.6 is 0 Å². The first kappa shape index (κ1) is 27.8. The molecule has 216 valence electrons. The third kappa shape index (κ3) is 5.72. The molecule has 0 saturated heterocycles. The number of carbonyl (C=O) groups is 1. The number of hydrogen-bond donors (Lipinski definition) is 1. The maximum atomic E-state index is 13.9. The normalized spacial score (nSPS) is 11.2. The lowest BCUT2D eigenvalue weighted by Gasteiger charge is -2.12. The number of benzene rings is 3. The van der Waals surface area contributed by atoms with Crippen molar-refractivity contribution in [2.24, 2.45) is 0 Å². The van der Waals surface area contributed by atoms with Gasteiger partial charge in [0.15, 0.2) is 5.82 Å². The molecule has 3 aromatic heterocycles. The molecule has 3 heterocycles. The molecule has 0 radical (unpaired) electrons. The van der Waals surface area contributed by atoms with Crippen LogP contribution < -0.4 is 5.56 Å². The van der Waals surface area contributed by atoms with Gasteiger partial charge >= 0.3 is 5.97 Å². The van der Waals surface area contributed by atoms with Crippen molar-refractivity contribution in [3.05, 3.63) is 118 Å².